The number of amides is 2. The molecule has 0 saturated carbocycles. The third-order valence-corrected chi connectivity index (χ3v) is 6.44. The highest BCUT2D eigenvalue weighted by atomic mass is 32.2. The fourth-order valence-electron chi connectivity index (χ4n) is 2.62. The second-order valence-corrected chi connectivity index (χ2v) is 8.16. The first kappa shape index (κ1) is 19.1. The van der Waals surface area contributed by atoms with Crippen molar-refractivity contribution in [2.24, 2.45) is 4.99 Å². The predicted octanol–water partition coefficient (Wildman–Crippen LogP) is 4.52. The lowest BCUT2D eigenvalue weighted by atomic mass is 10.2. The maximum atomic E-state index is 13.0. The minimum absolute atomic E-state index is 0.107. The monoisotopic (exact) mass is 402 g/mol. The summed E-state index contributed by atoms with van der Waals surface area (Å²) in [6.45, 7) is 0.558. The molecule has 0 aromatic heterocycles. The zero-order chi connectivity index (χ0) is 18.5. The van der Waals surface area contributed by atoms with E-state index in [1.807, 2.05) is 55.0 Å². The molecule has 1 aliphatic heterocycles. The highest BCUT2D eigenvalue weighted by Gasteiger charge is 2.29. The molecular weight excluding hydrogens is 384 g/mol. The second kappa shape index (κ2) is 8.79. The van der Waals surface area contributed by atoms with Crippen molar-refractivity contribution >= 4 is 52.3 Å². The fourth-order valence-corrected chi connectivity index (χ4v) is 4.73. The van der Waals surface area contributed by atoms with Gasteiger partial charge in [0.25, 0.3) is 11.8 Å². The van der Waals surface area contributed by atoms with Crippen molar-refractivity contribution in [3.05, 3.63) is 59.7 Å². The fraction of sp³-hybridized carbons (Fsp3) is 0.211. The molecule has 2 amide bonds. The van der Waals surface area contributed by atoms with Crippen molar-refractivity contribution in [3.8, 4) is 0 Å². The van der Waals surface area contributed by atoms with Crippen molar-refractivity contribution in [2.75, 3.05) is 24.8 Å². The van der Waals surface area contributed by atoms with Crippen LogP contribution < -0.4 is 0 Å². The van der Waals surface area contributed by atoms with E-state index in [1.54, 1.807) is 11.0 Å². The van der Waals surface area contributed by atoms with E-state index >= 15 is 0 Å². The Morgan fingerprint density at radius 1 is 0.962 bits per heavy atom. The van der Waals surface area contributed by atoms with Crippen molar-refractivity contribution < 1.29 is 9.59 Å². The third kappa shape index (κ3) is 4.00. The van der Waals surface area contributed by atoms with E-state index in [1.165, 1.54) is 35.3 Å². The van der Waals surface area contributed by atoms with Crippen LogP contribution in [0, 0.1) is 0 Å². The third-order valence-electron chi connectivity index (χ3n) is 3.89. The molecule has 134 valence electrons. The van der Waals surface area contributed by atoms with E-state index in [0.717, 1.165) is 15.5 Å². The van der Waals surface area contributed by atoms with Crippen LogP contribution in [0.25, 0.3) is 0 Å². The molecule has 3 rings (SSSR count). The van der Waals surface area contributed by atoms with Gasteiger partial charge in [-0.25, -0.2) is 0 Å². The van der Waals surface area contributed by atoms with Gasteiger partial charge < -0.3 is 0 Å². The Labute approximate surface area is 165 Å². The Hall–Kier alpha value is -1.70. The number of aliphatic imine (C=N–C) groups is 1. The van der Waals surface area contributed by atoms with Gasteiger partial charge in [-0.15, -0.1) is 23.5 Å². The summed E-state index contributed by atoms with van der Waals surface area (Å²) in [5.74, 6) is 0.323. The normalized spacial score (nSPS) is 15.5. The number of rotatable bonds is 4. The molecule has 0 N–H and O–H groups in total. The maximum Gasteiger partial charge on any atom is 0.280 e. The van der Waals surface area contributed by atoms with E-state index in [4.69, 9.17) is 0 Å². The van der Waals surface area contributed by atoms with Crippen LogP contribution in [0.1, 0.15) is 20.7 Å². The van der Waals surface area contributed by atoms with Gasteiger partial charge in [0.2, 0.25) is 0 Å². The standard InChI is InChI=1S/C19H18N2O2S3/c1-24-15-9-5-3-7-13(15)17(22)20-19-21(11-12-26-19)18(23)14-8-4-6-10-16(14)25-2/h3-10H,11-12H2,1-2H3. The summed E-state index contributed by atoms with van der Waals surface area (Å²) in [4.78, 5) is 33.3. The number of carbonyl (C=O) groups excluding carboxylic acids is 2. The van der Waals surface area contributed by atoms with Crippen LogP contribution in [0.3, 0.4) is 0 Å². The van der Waals surface area contributed by atoms with Crippen LogP contribution in [-0.4, -0.2) is 46.7 Å². The molecule has 26 heavy (non-hydrogen) atoms. The molecule has 0 bridgehead atoms. The summed E-state index contributed by atoms with van der Waals surface area (Å²) in [6.07, 6.45) is 3.88. The Morgan fingerprint density at radius 3 is 2.19 bits per heavy atom. The largest absolute Gasteiger partial charge is 0.286 e. The van der Waals surface area contributed by atoms with Gasteiger partial charge in [-0.2, -0.15) is 4.99 Å². The lowest BCUT2D eigenvalue weighted by Gasteiger charge is -2.17. The molecule has 7 heteroatoms. The molecule has 0 radical (unpaired) electrons. The van der Waals surface area contributed by atoms with Crippen molar-refractivity contribution in [3.63, 3.8) is 0 Å². The minimum Gasteiger partial charge on any atom is -0.286 e. The molecule has 2 aromatic carbocycles. The maximum absolute atomic E-state index is 13.0. The zero-order valence-electron chi connectivity index (χ0n) is 14.5. The quantitative estimate of drug-likeness (QED) is 0.704. The molecule has 0 unspecified atom stereocenters. The van der Waals surface area contributed by atoms with Crippen LogP contribution in [-0.2, 0) is 0 Å². The van der Waals surface area contributed by atoms with Crippen molar-refractivity contribution in [2.45, 2.75) is 9.79 Å². The average Bonchev–Trinajstić information content (AvgIpc) is 3.15. The van der Waals surface area contributed by atoms with Crippen LogP contribution in [0.4, 0.5) is 0 Å². The first-order chi connectivity index (χ1) is 12.7. The Kier molecular flexibility index (Phi) is 6.45. The van der Waals surface area contributed by atoms with Gasteiger partial charge in [-0.3, -0.25) is 14.5 Å². The van der Waals surface area contributed by atoms with E-state index < -0.39 is 0 Å². The number of hydrogen-bond donors (Lipinski definition) is 0. The molecular formula is C19H18N2O2S3. The van der Waals surface area contributed by atoms with Gasteiger partial charge in [0.05, 0.1) is 11.1 Å². The van der Waals surface area contributed by atoms with Crippen LogP contribution >= 0.6 is 35.3 Å². The highest BCUT2D eigenvalue weighted by molar-refractivity contribution is 8.14. The zero-order valence-corrected chi connectivity index (χ0v) is 16.9. The van der Waals surface area contributed by atoms with Gasteiger partial charge in [-0.1, -0.05) is 36.0 Å². The summed E-state index contributed by atoms with van der Waals surface area (Å²) in [5.41, 5.74) is 1.21. The molecule has 0 atom stereocenters. The lowest BCUT2D eigenvalue weighted by Crippen LogP contribution is -2.32. The summed E-state index contributed by atoms with van der Waals surface area (Å²) >= 11 is 4.49. The molecule has 2 aromatic rings. The molecule has 1 fully saturated rings. The van der Waals surface area contributed by atoms with Crippen molar-refractivity contribution in [1.29, 1.82) is 0 Å². The van der Waals surface area contributed by atoms with E-state index in [9.17, 15) is 9.59 Å². The Bertz CT molecular complexity index is 867. The van der Waals surface area contributed by atoms with Gasteiger partial charge in [-0.05, 0) is 36.8 Å². The van der Waals surface area contributed by atoms with E-state index in [0.29, 0.717) is 22.8 Å². The first-order valence-corrected chi connectivity index (χ1v) is 11.4. The summed E-state index contributed by atoms with van der Waals surface area (Å²) in [5, 5.41) is 0.479. The van der Waals surface area contributed by atoms with Crippen molar-refractivity contribution in [1.82, 2.24) is 4.90 Å². The highest BCUT2D eigenvalue weighted by Crippen LogP contribution is 2.27. The number of nitrogens with zero attached hydrogens (tertiary/aromatic N) is 2. The summed E-state index contributed by atoms with van der Waals surface area (Å²) < 4.78 is 0. The number of benzene rings is 2. The van der Waals surface area contributed by atoms with E-state index in [-0.39, 0.29) is 11.8 Å². The molecule has 0 spiro atoms. The predicted molar refractivity (Wildman–Crippen MR) is 112 cm³/mol. The smallest absolute Gasteiger partial charge is 0.280 e. The SMILES string of the molecule is CSc1ccccc1C(=O)N=C1SCCN1C(=O)c1ccccc1SC. The molecule has 1 saturated heterocycles. The lowest BCUT2D eigenvalue weighted by molar-refractivity contribution is 0.0855. The number of amidine groups is 1. The van der Waals surface area contributed by atoms with Gasteiger partial charge in [0, 0.05) is 22.1 Å². The number of carbonyl (C=O) groups is 2. The average molecular weight is 403 g/mol. The van der Waals surface area contributed by atoms with E-state index in [2.05, 4.69) is 4.99 Å². The van der Waals surface area contributed by atoms with Gasteiger partial charge in [0.15, 0.2) is 5.17 Å². The van der Waals surface area contributed by atoms with Crippen LogP contribution in [0.5, 0.6) is 0 Å². The van der Waals surface area contributed by atoms with Crippen LogP contribution in [0.15, 0.2) is 63.3 Å². The number of thioether (sulfide) groups is 3. The molecule has 1 heterocycles. The molecule has 1 aliphatic rings. The Balaban J connectivity index is 1.89. The minimum atomic E-state index is -0.310. The topological polar surface area (TPSA) is 49.7 Å². The van der Waals surface area contributed by atoms with Crippen LogP contribution in [0.2, 0.25) is 0 Å². The summed E-state index contributed by atoms with van der Waals surface area (Å²) in [7, 11) is 0. The number of hydrogen-bond acceptors (Lipinski definition) is 5. The molecule has 4 nitrogen and oxygen atoms in total. The van der Waals surface area contributed by atoms with Gasteiger partial charge in [0.1, 0.15) is 0 Å². The Morgan fingerprint density at radius 2 is 1.54 bits per heavy atom. The molecule has 0 aliphatic carbocycles. The second-order valence-electron chi connectivity index (χ2n) is 5.41. The first-order valence-electron chi connectivity index (χ1n) is 7.99. The summed E-state index contributed by atoms with van der Waals surface area (Å²) in [6, 6.07) is 14.9. The van der Waals surface area contributed by atoms with Gasteiger partial charge >= 0.3 is 0 Å².